The molecule has 0 saturated heterocycles. The predicted molar refractivity (Wildman–Crippen MR) is 132 cm³/mol. The molecule has 1 atom stereocenters. The number of benzene rings is 3. The molecule has 3 aromatic carbocycles. The summed E-state index contributed by atoms with van der Waals surface area (Å²) in [6.07, 6.45) is 0.207. The van der Waals surface area contributed by atoms with Crippen molar-refractivity contribution < 1.29 is 26.0 Å². The first-order chi connectivity index (χ1) is 16.6. The second-order valence-corrected chi connectivity index (χ2v) is 11.7. The topological polar surface area (TPSA) is 105 Å². The summed E-state index contributed by atoms with van der Waals surface area (Å²) in [5.41, 5.74) is 1.95. The second-order valence-electron chi connectivity index (χ2n) is 7.86. The standard InChI is InChI=1S/C24H24FN3O5S2/c1-3-34(29,30)27-20-9-7-17(8-10-20)23-16-24(18-5-4-6-19(25)15-18)28(26-23)35(31,32)22-13-11-21(33-2)12-14-22/h4-15,24,27H,3,16H2,1-2H3/t24-/m0/s1. The average Bonchev–Trinajstić information content (AvgIpc) is 3.31. The van der Waals surface area contributed by atoms with Gasteiger partial charge in [-0.2, -0.15) is 17.9 Å². The molecule has 0 aromatic heterocycles. The Morgan fingerprint density at radius 2 is 1.71 bits per heavy atom. The van der Waals surface area contributed by atoms with Crippen LogP contribution in [-0.2, 0) is 20.0 Å². The molecule has 1 N–H and O–H groups in total. The Morgan fingerprint density at radius 3 is 2.31 bits per heavy atom. The zero-order chi connectivity index (χ0) is 25.2. The van der Waals surface area contributed by atoms with Crippen LogP contribution in [-0.4, -0.2) is 39.8 Å². The number of halogens is 1. The Morgan fingerprint density at radius 1 is 1.03 bits per heavy atom. The number of rotatable bonds is 8. The van der Waals surface area contributed by atoms with Crippen LogP contribution >= 0.6 is 0 Å². The lowest BCUT2D eigenvalue weighted by atomic mass is 9.99. The fraction of sp³-hybridized carbons (Fsp3) is 0.208. The maximum atomic E-state index is 14.0. The van der Waals surface area contributed by atoms with Crippen molar-refractivity contribution in [2.24, 2.45) is 5.10 Å². The van der Waals surface area contributed by atoms with E-state index in [2.05, 4.69) is 9.82 Å². The first kappa shape index (κ1) is 24.7. The average molecular weight is 518 g/mol. The second kappa shape index (κ2) is 9.67. The molecule has 1 aliphatic heterocycles. The number of sulfonamides is 2. The molecule has 184 valence electrons. The van der Waals surface area contributed by atoms with Gasteiger partial charge in [-0.05, 0) is 66.6 Å². The van der Waals surface area contributed by atoms with Crippen molar-refractivity contribution in [3.63, 3.8) is 0 Å². The number of nitrogens with one attached hydrogen (secondary N) is 1. The maximum Gasteiger partial charge on any atom is 0.279 e. The molecule has 4 rings (SSSR count). The van der Waals surface area contributed by atoms with Gasteiger partial charge in [0, 0.05) is 12.1 Å². The van der Waals surface area contributed by atoms with Crippen LogP contribution in [0.1, 0.15) is 30.5 Å². The normalized spacial score (nSPS) is 16.1. The molecule has 0 radical (unpaired) electrons. The lowest BCUT2D eigenvalue weighted by Gasteiger charge is -2.23. The van der Waals surface area contributed by atoms with Crippen molar-refractivity contribution in [2.75, 3.05) is 17.6 Å². The van der Waals surface area contributed by atoms with Crippen LogP contribution in [0.25, 0.3) is 0 Å². The van der Waals surface area contributed by atoms with Gasteiger partial charge in [-0.1, -0.05) is 24.3 Å². The highest BCUT2D eigenvalue weighted by Crippen LogP contribution is 2.37. The molecule has 8 nitrogen and oxygen atoms in total. The van der Waals surface area contributed by atoms with E-state index in [9.17, 15) is 21.2 Å². The molecule has 35 heavy (non-hydrogen) atoms. The van der Waals surface area contributed by atoms with Crippen LogP contribution in [0.15, 0.2) is 82.8 Å². The van der Waals surface area contributed by atoms with Crippen molar-refractivity contribution in [1.82, 2.24) is 4.41 Å². The van der Waals surface area contributed by atoms with Gasteiger partial charge in [0.2, 0.25) is 10.0 Å². The summed E-state index contributed by atoms with van der Waals surface area (Å²) in [5, 5.41) is 4.43. The molecule has 0 aliphatic carbocycles. The Labute approximate surface area is 204 Å². The van der Waals surface area contributed by atoms with Crippen LogP contribution in [0.2, 0.25) is 0 Å². The van der Waals surface area contributed by atoms with Crippen molar-refractivity contribution in [3.8, 4) is 5.75 Å². The number of anilines is 1. The van der Waals surface area contributed by atoms with Gasteiger partial charge in [0.1, 0.15) is 11.6 Å². The molecule has 0 saturated carbocycles. The number of hydrazone groups is 1. The van der Waals surface area contributed by atoms with Crippen LogP contribution < -0.4 is 9.46 Å². The first-order valence-corrected chi connectivity index (χ1v) is 13.8. The highest BCUT2D eigenvalue weighted by atomic mass is 32.2. The molecule has 0 unspecified atom stereocenters. The molecule has 0 fully saturated rings. The number of nitrogens with zero attached hydrogens (tertiary/aromatic N) is 2. The van der Waals surface area contributed by atoms with E-state index in [1.807, 2.05) is 0 Å². The Balaban J connectivity index is 1.72. The lowest BCUT2D eigenvalue weighted by Crippen LogP contribution is -2.27. The largest absolute Gasteiger partial charge is 0.497 e. The van der Waals surface area contributed by atoms with E-state index in [1.54, 1.807) is 42.5 Å². The molecule has 11 heteroatoms. The van der Waals surface area contributed by atoms with E-state index in [4.69, 9.17) is 4.74 Å². The zero-order valence-electron chi connectivity index (χ0n) is 19.0. The molecule has 0 spiro atoms. The van der Waals surface area contributed by atoms with Crippen LogP contribution in [0.3, 0.4) is 0 Å². The van der Waals surface area contributed by atoms with Crippen molar-refractivity contribution in [1.29, 1.82) is 0 Å². The quantitative estimate of drug-likeness (QED) is 0.484. The summed E-state index contributed by atoms with van der Waals surface area (Å²) < 4.78 is 73.3. The van der Waals surface area contributed by atoms with E-state index in [-0.39, 0.29) is 17.1 Å². The van der Waals surface area contributed by atoms with Gasteiger partial charge in [-0.25, -0.2) is 12.8 Å². The number of ether oxygens (including phenoxy) is 1. The molecular weight excluding hydrogens is 493 g/mol. The smallest absolute Gasteiger partial charge is 0.279 e. The molecule has 1 aliphatic rings. The molecule has 0 amide bonds. The summed E-state index contributed by atoms with van der Waals surface area (Å²) in [6, 6.07) is 17.5. The summed E-state index contributed by atoms with van der Waals surface area (Å²) in [4.78, 5) is 0.0222. The lowest BCUT2D eigenvalue weighted by molar-refractivity contribution is 0.370. The van der Waals surface area contributed by atoms with Crippen molar-refractivity contribution in [3.05, 3.63) is 89.7 Å². The van der Waals surface area contributed by atoms with E-state index in [0.717, 1.165) is 4.41 Å². The molecule has 1 heterocycles. The molecular formula is C24H24FN3O5S2. The Bertz CT molecular complexity index is 1460. The van der Waals surface area contributed by atoms with E-state index < -0.39 is 31.9 Å². The SMILES string of the molecule is CCS(=O)(=O)Nc1ccc(C2=NN(S(=O)(=O)c3ccc(OC)cc3)[C@H](c3cccc(F)c3)C2)cc1. The highest BCUT2D eigenvalue weighted by molar-refractivity contribution is 7.92. The minimum absolute atomic E-state index is 0.0222. The summed E-state index contributed by atoms with van der Waals surface area (Å²) in [5.74, 6) is -0.0325. The summed E-state index contributed by atoms with van der Waals surface area (Å²) in [7, 11) is -6.02. The van der Waals surface area contributed by atoms with Gasteiger partial charge < -0.3 is 4.74 Å². The van der Waals surface area contributed by atoms with Gasteiger partial charge in [-0.15, -0.1) is 0 Å². The monoisotopic (exact) mass is 517 g/mol. The highest BCUT2D eigenvalue weighted by Gasteiger charge is 2.38. The fourth-order valence-electron chi connectivity index (χ4n) is 3.68. The minimum Gasteiger partial charge on any atom is -0.497 e. The first-order valence-electron chi connectivity index (χ1n) is 10.8. The van der Waals surface area contributed by atoms with Gasteiger partial charge in [0.05, 0.1) is 29.5 Å². The summed E-state index contributed by atoms with van der Waals surface area (Å²) >= 11 is 0. The minimum atomic E-state index is -4.07. The van der Waals surface area contributed by atoms with Gasteiger partial charge in [0.25, 0.3) is 10.0 Å². The van der Waals surface area contributed by atoms with E-state index in [1.165, 1.54) is 44.4 Å². The fourth-order valence-corrected chi connectivity index (χ4v) is 5.76. The molecule has 3 aromatic rings. The van der Waals surface area contributed by atoms with Crippen LogP contribution in [0, 0.1) is 5.82 Å². The summed E-state index contributed by atoms with van der Waals surface area (Å²) in [6.45, 7) is 1.54. The van der Waals surface area contributed by atoms with Gasteiger partial charge in [-0.3, -0.25) is 4.72 Å². The Hall–Kier alpha value is -3.44. The maximum absolute atomic E-state index is 14.0. The number of methoxy groups -OCH3 is 1. The third-order valence-corrected chi connectivity index (χ3v) is 8.58. The molecule has 0 bridgehead atoms. The number of hydrogen-bond acceptors (Lipinski definition) is 6. The van der Waals surface area contributed by atoms with Crippen LogP contribution in [0.4, 0.5) is 10.1 Å². The van der Waals surface area contributed by atoms with Crippen molar-refractivity contribution in [2.45, 2.75) is 24.3 Å². The third-order valence-electron chi connectivity index (χ3n) is 5.58. The van der Waals surface area contributed by atoms with Crippen molar-refractivity contribution >= 4 is 31.4 Å². The van der Waals surface area contributed by atoms with E-state index >= 15 is 0 Å². The van der Waals surface area contributed by atoms with Gasteiger partial charge in [0.15, 0.2) is 0 Å². The Kier molecular flexibility index (Phi) is 6.82. The van der Waals surface area contributed by atoms with Crippen LogP contribution in [0.5, 0.6) is 5.75 Å². The third kappa shape index (κ3) is 5.30. The predicted octanol–water partition coefficient (Wildman–Crippen LogP) is 4.14. The van der Waals surface area contributed by atoms with E-state index in [0.29, 0.717) is 28.3 Å². The zero-order valence-corrected chi connectivity index (χ0v) is 20.7. The number of hydrogen-bond donors (Lipinski definition) is 1. The van der Waals surface area contributed by atoms with Gasteiger partial charge >= 0.3 is 0 Å².